The summed E-state index contributed by atoms with van der Waals surface area (Å²) in [7, 11) is 3.02. The molecule has 0 saturated heterocycles. The van der Waals surface area contributed by atoms with E-state index in [0.717, 1.165) is 0 Å². The topological polar surface area (TPSA) is 64.6 Å². The van der Waals surface area contributed by atoms with Crippen LogP contribution < -0.4 is 14.8 Å². The molecule has 1 aromatic carbocycles. The van der Waals surface area contributed by atoms with Gasteiger partial charge >= 0.3 is 0 Å². The molecule has 5 nitrogen and oxygen atoms in total. The fourth-order valence-corrected chi connectivity index (χ4v) is 1.98. The van der Waals surface area contributed by atoms with Crippen LogP contribution >= 0.6 is 31.9 Å². The van der Waals surface area contributed by atoms with E-state index in [0.29, 0.717) is 22.7 Å². The third kappa shape index (κ3) is 4.49. The number of amides is 1. The van der Waals surface area contributed by atoms with E-state index < -0.39 is 0 Å². The number of benzene rings is 1. The summed E-state index contributed by atoms with van der Waals surface area (Å²) in [4.78, 5) is 23.0. The Bertz CT molecular complexity index is 460. The first-order chi connectivity index (χ1) is 9.55. The molecule has 0 radical (unpaired) electrons. The highest BCUT2D eigenvalue weighted by Gasteiger charge is 2.15. The van der Waals surface area contributed by atoms with Crippen LogP contribution in [0.1, 0.15) is 5.56 Å². The Morgan fingerprint density at radius 3 is 2.25 bits per heavy atom. The molecule has 0 atom stereocenters. The Labute approximate surface area is 134 Å². The Kier molecular flexibility index (Phi) is 7.01. The molecule has 7 heteroatoms. The normalized spacial score (nSPS) is 10.0. The summed E-state index contributed by atoms with van der Waals surface area (Å²) in [6.07, 6.45) is 0.234. The molecular formula is C13H15Br2NO4. The Hall–Kier alpha value is -1.08. The molecule has 0 aliphatic carbocycles. The highest BCUT2D eigenvalue weighted by atomic mass is 79.9. The van der Waals surface area contributed by atoms with Gasteiger partial charge in [0.1, 0.15) is 17.3 Å². The van der Waals surface area contributed by atoms with Crippen molar-refractivity contribution in [2.75, 3.05) is 30.2 Å². The Morgan fingerprint density at radius 1 is 1.10 bits per heavy atom. The first-order valence-electron chi connectivity index (χ1n) is 5.74. The number of ketones is 1. The van der Waals surface area contributed by atoms with Gasteiger partial charge in [-0.05, 0) is 6.07 Å². The van der Waals surface area contributed by atoms with E-state index in [4.69, 9.17) is 9.47 Å². The van der Waals surface area contributed by atoms with E-state index in [-0.39, 0.29) is 28.8 Å². The molecule has 0 spiro atoms. The van der Waals surface area contributed by atoms with Crippen LogP contribution in [0.2, 0.25) is 0 Å². The molecule has 110 valence electrons. The van der Waals surface area contributed by atoms with Crippen molar-refractivity contribution in [1.29, 1.82) is 0 Å². The summed E-state index contributed by atoms with van der Waals surface area (Å²) in [5.41, 5.74) is 1.22. The summed E-state index contributed by atoms with van der Waals surface area (Å²) >= 11 is 6.20. The van der Waals surface area contributed by atoms with Gasteiger partial charge in [-0.3, -0.25) is 9.59 Å². The number of carbonyl (C=O) groups excluding carboxylic acids is 2. The minimum absolute atomic E-state index is 0.0302. The van der Waals surface area contributed by atoms with Crippen LogP contribution in [0.25, 0.3) is 0 Å². The molecule has 1 rings (SSSR count). The van der Waals surface area contributed by atoms with Crippen molar-refractivity contribution in [3.05, 3.63) is 17.7 Å². The van der Waals surface area contributed by atoms with Crippen molar-refractivity contribution in [2.24, 2.45) is 0 Å². The zero-order valence-electron chi connectivity index (χ0n) is 11.2. The van der Waals surface area contributed by atoms with Gasteiger partial charge < -0.3 is 14.8 Å². The highest BCUT2D eigenvalue weighted by Crippen LogP contribution is 2.33. The van der Waals surface area contributed by atoms with Crippen molar-refractivity contribution in [3.63, 3.8) is 0 Å². The molecule has 1 N–H and O–H groups in total. The average Bonchev–Trinajstić information content (AvgIpc) is 2.47. The van der Waals surface area contributed by atoms with Crippen LogP contribution in [0.4, 0.5) is 5.69 Å². The lowest BCUT2D eigenvalue weighted by Gasteiger charge is -2.14. The Balaban J connectivity index is 3.15. The lowest BCUT2D eigenvalue weighted by atomic mass is 10.1. The molecule has 0 aromatic heterocycles. The summed E-state index contributed by atoms with van der Waals surface area (Å²) in [5.74, 6) is 0.847. The molecule has 0 aliphatic rings. The molecule has 0 heterocycles. The molecule has 1 aromatic rings. The van der Waals surface area contributed by atoms with E-state index in [1.807, 2.05) is 0 Å². The van der Waals surface area contributed by atoms with E-state index in [1.54, 1.807) is 12.1 Å². The largest absolute Gasteiger partial charge is 0.496 e. The SMILES string of the molecule is COc1cc(NC(=O)CBr)c(OC)cc1CC(=O)CBr. The Morgan fingerprint density at radius 2 is 1.75 bits per heavy atom. The number of Topliss-reactive ketones (excluding diaryl/α,β-unsaturated/α-hetero) is 1. The fourth-order valence-electron chi connectivity index (χ4n) is 1.64. The fraction of sp³-hybridized carbons (Fsp3) is 0.385. The van der Waals surface area contributed by atoms with Gasteiger partial charge in [-0.25, -0.2) is 0 Å². The first kappa shape index (κ1) is 17.0. The average molecular weight is 409 g/mol. The van der Waals surface area contributed by atoms with Crippen LogP contribution in [0, 0.1) is 0 Å². The summed E-state index contributed by atoms with van der Waals surface area (Å²) in [6, 6.07) is 3.35. The van der Waals surface area contributed by atoms with E-state index in [2.05, 4.69) is 37.2 Å². The van der Waals surface area contributed by atoms with Crippen molar-refractivity contribution in [2.45, 2.75) is 6.42 Å². The zero-order valence-corrected chi connectivity index (χ0v) is 14.3. The third-order valence-corrected chi connectivity index (χ3v) is 3.67. The van der Waals surface area contributed by atoms with Gasteiger partial charge in [-0.1, -0.05) is 31.9 Å². The van der Waals surface area contributed by atoms with Crippen molar-refractivity contribution < 1.29 is 19.1 Å². The molecule has 0 fully saturated rings. The number of ether oxygens (including phenoxy) is 2. The van der Waals surface area contributed by atoms with Crippen LogP contribution in [-0.2, 0) is 16.0 Å². The van der Waals surface area contributed by atoms with Gasteiger partial charge in [0.15, 0.2) is 0 Å². The maximum atomic E-state index is 11.5. The smallest absolute Gasteiger partial charge is 0.235 e. The van der Waals surface area contributed by atoms with Crippen molar-refractivity contribution >= 4 is 49.2 Å². The predicted octanol–water partition coefficient (Wildman–Crippen LogP) is 2.54. The second-order valence-electron chi connectivity index (χ2n) is 3.90. The third-order valence-electron chi connectivity index (χ3n) is 2.53. The standard InChI is InChI=1S/C13H15Br2NO4/c1-19-11-5-10(16-13(18)7-15)12(20-2)4-8(11)3-9(17)6-14/h4-5H,3,6-7H2,1-2H3,(H,16,18). The molecular weight excluding hydrogens is 394 g/mol. The monoisotopic (exact) mass is 407 g/mol. The van der Waals surface area contributed by atoms with Crippen LogP contribution in [0.15, 0.2) is 12.1 Å². The molecule has 0 unspecified atom stereocenters. The maximum Gasteiger partial charge on any atom is 0.235 e. The molecule has 20 heavy (non-hydrogen) atoms. The number of halogens is 2. The first-order valence-corrected chi connectivity index (χ1v) is 7.98. The second kappa shape index (κ2) is 8.26. The number of rotatable bonds is 7. The molecule has 1 amide bonds. The van der Waals surface area contributed by atoms with E-state index in [9.17, 15) is 9.59 Å². The number of nitrogens with one attached hydrogen (secondary N) is 1. The number of carbonyl (C=O) groups is 2. The van der Waals surface area contributed by atoms with Gasteiger partial charge in [0.2, 0.25) is 5.91 Å². The number of methoxy groups -OCH3 is 2. The second-order valence-corrected chi connectivity index (χ2v) is 5.02. The minimum atomic E-state index is -0.199. The quantitative estimate of drug-likeness (QED) is 0.704. The molecule has 0 bridgehead atoms. The van der Waals surface area contributed by atoms with E-state index in [1.165, 1.54) is 14.2 Å². The van der Waals surface area contributed by atoms with Gasteiger partial charge in [0, 0.05) is 18.1 Å². The predicted molar refractivity (Wildman–Crippen MR) is 84.5 cm³/mol. The van der Waals surface area contributed by atoms with Crippen LogP contribution in [0.5, 0.6) is 11.5 Å². The summed E-state index contributed by atoms with van der Waals surface area (Å²) < 4.78 is 10.5. The van der Waals surface area contributed by atoms with Crippen molar-refractivity contribution in [1.82, 2.24) is 0 Å². The maximum absolute atomic E-state index is 11.5. The molecule has 0 saturated carbocycles. The van der Waals surface area contributed by atoms with Crippen molar-refractivity contribution in [3.8, 4) is 11.5 Å². The lowest BCUT2D eigenvalue weighted by Crippen LogP contribution is -2.14. The number of alkyl halides is 2. The minimum Gasteiger partial charge on any atom is -0.496 e. The van der Waals surface area contributed by atoms with Crippen LogP contribution in [0.3, 0.4) is 0 Å². The number of hydrogen-bond donors (Lipinski definition) is 1. The van der Waals surface area contributed by atoms with Gasteiger partial charge in [-0.15, -0.1) is 0 Å². The van der Waals surface area contributed by atoms with Crippen LogP contribution in [-0.4, -0.2) is 36.6 Å². The molecule has 0 aliphatic heterocycles. The number of anilines is 1. The van der Waals surface area contributed by atoms with Gasteiger partial charge in [0.05, 0.1) is 30.6 Å². The number of hydrogen-bond acceptors (Lipinski definition) is 4. The zero-order chi connectivity index (χ0) is 15.1. The van der Waals surface area contributed by atoms with Gasteiger partial charge in [-0.2, -0.15) is 0 Å². The summed E-state index contributed by atoms with van der Waals surface area (Å²) in [6.45, 7) is 0. The lowest BCUT2D eigenvalue weighted by molar-refractivity contribution is -0.116. The van der Waals surface area contributed by atoms with E-state index >= 15 is 0 Å². The highest BCUT2D eigenvalue weighted by molar-refractivity contribution is 9.09. The van der Waals surface area contributed by atoms with Gasteiger partial charge in [0.25, 0.3) is 0 Å². The summed E-state index contributed by atoms with van der Waals surface area (Å²) in [5, 5.41) is 3.16.